The number of benzene rings is 6. The van der Waals surface area contributed by atoms with Crippen molar-refractivity contribution in [2.75, 3.05) is 4.90 Å². The van der Waals surface area contributed by atoms with E-state index in [1.807, 2.05) is 11.3 Å². The zero-order valence-electron chi connectivity index (χ0n) is 25.0. The van der Waals surface area contributed by atoms with E-state index in [9.17, 15) is 0 Å². The van der Waals surface area contributed by atoms with Crippen molar-refractivity contribution in [3.8, 4) is 5.69 Å². The Morgan fingerprint density at radius 2 is 1.41 bits per heavy atom. The van der Waals surface area contributed by atoms with Crippen molar-refractivity contribution in [2.45, 2.75) is 12.3 Å². The van der Waals surface area contributed by atoms with Crippen LogP contribution < -0.4 is 4.90 Å². The molecule has 4 heteroatoms. The standard InChI is InChI=1S/C42H29BrN2S/c43-36-20-10-7-17-31(36)32-18-8-11-21-37(32)44(28-13-3-1-4-14-28)30-23-25-38-35(27-30)33-24-26-40-41(34-19-9-12-22-39(34)46-40)42(33)45(38)29-15-5-2-6-16-29/h1-17,19-27,32H,18H2. The molecule has 0 amide bonds. The van der Waals surface area contributed by atoms with Gasteiger partial charge in [-0.25, -0.2) is 0 Å². The molecular formula is C42H29BrN2S. The van der Waals surface area contributed by atoms with Crippen LogP contribution in [0.25, 0.3) is 47.7 Å². The molecule has 9 rings (SSSR count). The predicted octanol–water partition coefficient (Wildman–Crippen LogP) is 12.7. The first kappa shape index (κ1) is 27.4. The number of allylic oxidation sites excluding steroid dienone is 4. The van der Waals surface area contributed by atoms with E-state index in [0.29, 0.717) is 0 Å². The van der Waals surface area contributed by atoms with Crippen LogP contribution in [0.15, 0.2) is 168 Å². The van der Waals surface area contributed by atoms with Gasteiger partial charge in [0.2, 0.25) is 0 Å². The number of aromatic nitrogens is 1. The van der Waals surface area contributed by atoms with Crippen molar-refractivity contribution in [1.82, 2.24) is 4.57 Å². The van der Waals surface area contributed by atoms with Crippen LogP contribution in [-0.2, 0) is 0 Å². The molecule has 1 unspecified atom stereocenters. The lowest BCUT2D eigenvalue weighted by atomic mass is 9.88. The first-order chi connectivity index (χ1) is 22.8. The van der Waals surface area contributed by atoms with Gasteiger partial charge in [0.05, 0.1) is 11.0 Å². The number of fused-ring (bicyclic) bond motifs is 7. The third kappa shape index (κ3) is 4.36. The van der Waals surface area contributed by atoms with Crippen LogP contribution in [0.1, 0.15) is 17.9 Å². The smallest absolute Gasteiger partial charge is 0.0634 e. The van der Waals surface area contributed by atoms with Crippen LogP contribution in [-0.4, -0.2) is 4.57 Å². The molecule has 0 spiro atoms. The quantitative estimate of drug-likeness (QED) is 0.177. The summed E-state index contributed by atoms with van der Waals surface area (Å²) in [4.78, 5) is 2.46. The van der Waals surface area contributed by atoms with E-state index in [-0.39, 0.29) is 5.92 Å². The van der Waals surface area contributed by atoms with Crippen LogP contribution in [0.3, 0.4) is 0 Å². The Morgan fingerprint density at radius 1 is 0.652 bits per heavy atom. The summed E-state index contributed by atoms with van der Waals surface area (Å²) in [5.41, 5.74) is 8.52. The van der Waals surface area contributed by atoms with Gasteiger partial charge in [0.15, 0.2) is 0 Å². The van der Waals surface area contributed by atoms with Crippen LogP contribution in [0.4, 0.5) is 11.4 Å². The van der Waals surface area contributed by atoms with E-state index in [1.54, 1.807) is 0 Å². The fourth-order valence-electron chi connectivity index (χ4n) is 7.20. The molecule has 1 atom stereocenters. The summed E-state index contributed by atoms with van der Waals surface area (Å²) in [6.07, 6.45) is 7.72. The third-order valence-electron chi connectivity index (χ3n) is 9.21. The highest BCUT2D eigenvalue weighted by Gasteiger charge is 2.27. The Bertz CT molecular complexity index is 2470. The Hall–Kier alpha value is -4.90. The fourth-order valence-corrected chi connectivity index (χ4v) is 8.87. The van der Waals surface area contributed by atoms with E-state index in [0.717, 1.165) is 22.3 Å². The van der Waals surface area contributed by atoms with Gasteiger partial charge in [-0.1, -0.05) is 107 Å². The lowest BCUT2D eigenvalue weighted by Crippen LogP contribution is -2.23. The average Bonchev–Trinajstić information content (AvgIpc) is 3.65. The summed E-state index contributed by atoms with van der Waals surface area (Å²) >= 11 is 5.74. The Kier molecular flexibility index (Phi) is 6.65. The highest BCUT2D eigenvalue weighted by Crippen LogP contribution is 2.46. The monoisotopic (exact) mass is 672 g/mol. The summed E-state index contributed by atoms with van der Waals surface area (Å²) in [5, 5.41) is 5.16. The van der Waals surface area contributed by atoms with Crippen molar-refractivity contribution >= 4 is 80.6 Å². The molecule has 0 saturated carbocycles. The molecule has 2 aromatic heterocycles. The maximum atomic E-state index is 3.87. The van der Waals surface area contributed by atoms with Gasteiger partial charge in [-0.3, -0.25) is 0 Å². The number of anilines is 2. The largest absolute Gasteiger partial charge is 0.314 e. The van der Waals surface area contributed by atoms with Gasteiger partial charge in [0.25, 0.3) is 0 Å². The molecule has 0 fully saturated rings. The number of rotatable bonds is 5. The van der Waals surface area contributed by atoms with Crippen molar-refractivity contribution in [2.24, 2.45) is 0 Å². The Labute approximate surface area is 280 Å². The maximum Gasteiger partial charge on any atom is 0.0634 e. The van der Waals surface area contributed by atoms with Crippen molar-refractivity contribution < 1.29 is 0 Å². The molecule has 0 saturated heterocycles. The molecule has 0 radical (unpaired) electrons. The minimum absolute atomic E-state index is 0.207. The number of nitrogens with zero attached hydrogens (tertiary/aromatic N) is 2. The number of halogens is 1. The van der Waals surface area contributed by atoms with Gasteiger partial charge in [-0.05, 0) is 78.7 Å². The van der Waals surface area contributed by atoms with E-state index >= 15 is 0 Å². The molecule has 2 heterocycles. The molecule has 220 valence electrons. The Morgan fingerprint density at radius 3 is 2.26 bits per heavy atom. The lowest BCUT2D eigenvalue weighted by molar-refractivity contribution is 0.770. The highest BCUT2D eigenvalue weighted by molar-refractivity contribution is 9.10. The number of hydrogen-bond acceptors (Lipinski definition) is 2. The summed E-state index contributed by atoms with van der Waals surface area (Å²) in [5.74, 6) is 0.207. The van der Waals surface area contributed by atoms with Crippen molar-refractivity contribution in [3.63, 3.8) is 0 Å². The second-order valence-electron chi connectivity index (χ2n) is 11.8. The fraction of sp³-hybridized carbons (Fsp3) is 0.0476. The summed E-state index contributed by atoms with van der Waals surface area (Å²) < 4.78 is 6.24. The molecule has 0 bridgehead atoms. The van der Waals surface area contributed by atoms with Crippen LogP contribution in [0.2, 0.25) is 0 Å². The SMILES string of the molecule is Brc1ccccc1C1CC=CC=C1N(c1ccccc1)c1ccc2c(c1)c1ccc3sc4ccccc4c3c1n2-c1ccccc1. The van der Waals surface area contributed by atoms with Gasteiger partial charge >= 0.3 is 0 Å². The number of thiophene rings is 1. The topological polar surface area (TPSA) is 8.17 Å². The molecule has 0 N–H and O–H groups in total. The molecule has 1 aliphatic rings. The van der Waals surface area contributed by atoms with Gasteiger partial charge < -0.3 is 9.47 Å². The molecule has 2 nitrogen and oxygen atoms in total. The van der Waals surface area contributed by atoms with Gasteiger partial charge in [-0.2, -0.15) is 0 Å². The zero-order chi connectivity index (χ0) is 30.6. The van der Waals surface area contributed by atoms with E-state index < -0.39 is 0 Å². The molecule has 8 aromatic rings. The van der Waals surface area contributed by atoms with Crippen molar-refractivity contribution in [3.05, 3.63) is 173 Å². The summed E-state index contributed by atoms with van der Waals surface area (Å²) in [7, 11) is 0. The third-order valence-corrected chi connectivity index (χ3v) is 11.1. The second-order valence-corrected chi connectivity index (χ2v) is 13.7. The zero-order valence-corrected chi connectivity index (χ0v) is 27.4. The molecule has 1 aliphatic carbocycles. The predicted molar refractivity (Wildman–Crippen MR) is 201 cm³/mol. The molecule has 6 aromatic carbocycles. The second kappa shape index (κ2) is 11.2. The van der Waals surface area contributed by atoms with Gasteiger partial charge in [0, 0.05) is 64.1 Å². The maximum absolute atomic E-state index is 3.87. The van der Waals surface area contributed by atoms with E-state index in [4.69, 9.17) is 0 Å². The molecule has 0 aliphatic heterocycles. The normalized spacial score (nSPS) is 14.8. The highest BCUT2D eigenvalue weighted by atomic mass is 79.9. The van der Waals surface area contributed by atoms with Crippen LogP contribution in [0, 0.1) is 0 Å². The first-order valence-electron chi connectivity index (χ1n) is 15.7. The number of para-hydroxylation sites is 2. The van der Waals surface area contributed by atoms with Crippen molar-refractivity contribution in [1.29, 1.82) is 0 Å². The minimum Gasteiger partial charge on any atom is -0.314 e. The molecule has 46 heavy (non-hydrogen) atoms. The average molecular weight is 674 g/mol. The first-order valence-corrected chi connectivity index (χ1v) is 17.3. The summed E-state index contributed by atoms with van der Waals surface area (Å²) in [6.45, 7) is 0. The van der Waals surface area contributed by atoms with E-state index in [1.165, 1.54) is 58.9 Å². The van der Waals surface area contributed by atoms with Gasteiger partial charge in [-0.15, -0.1) is 11.3 Å². The molecular weight excluding hydrogens is 644 g/mol. The summed E-state index contributed by atoms with van der Waals surface area (Å²) in [6, 6.07) is 50.7. The van der Waals surface area contributed by atoms with Crippen LogP contribution >= 0.6 is 27.3 Å². The van der Waals surface area contributed by atoms with Crippen LogP contribution in [0.5, 0.6) is 0 Å². The van der Waals surface area contributed by atoms with Gasteiger partial charge in [0.1, 0.15) is 0 Å². The lowest BCUT2D eigenvalue weighted by Gasteiger charge is -2.34. The minimum atomic E-state index is 0.207. The Balaban J connectivity index is 1.33. The number of hydrogen-bond donors (Lipinski definition) is 0. The van der Waals surface area contributed by atoms with E-state index in [2.05, 4.69) is 183 Å².